The van der Waals surface area contributed by atoms with E-state index in [0.717, 1.165) is 12.8 Å². The molecule has 104 valence electrons. The number of rotatable bonds is 7. The minimum atomic E-state index is -0.283. The minimum Gasteiger partial charge on any atom is -0.497 e. The zero-order chi connectivity index (χ0) is 13.7. The van der Waals surface area contributed by atoms with E-state index in [0.29, 0.717) is 30.9 Å². The molecule has 0 saturated heterocycles. The van der Waals surface area contributed by atoms with E-state index in [1.165, 1.54) is 13.2 Å². The Kier molecular flexibility index (Phi) is 4.74. The first-order valence-corrected chi connectivity index (χ1v) is 6.51. The number of nitrogens with one attached hydrogen (secondary N) is 2. The summed E-state index contributed by atoms with van der Waals surface area (Å²) in [7, 11) is 1.51. The summed E-state index contributed by atoms with van der Waals surface area (Å²) in [6, 6.07) is 4.80. The number of carbonyl (C=O) groups excluding carboxylic acids is 1. The molecular weight excluding hydrogens is 247 g/mol. The number of halogens is 1. The molecule has 1 saturated carbocycles. The molecule has 19 heavy (non-hydrogen) atoms. The summed E-state index contributed by atoms with van der Waals surface area (Å²) >= 11 is 0. The van der Waals surface area contributed by atoms with Gasteiger partial charge in [-0.2, -0.15) is 0 Å². The molecule has 0 aliphatic heterocycles. The van der Waals surface area contributed by atoms with Gasteiger partial charge in [-0.25, -0.2) is 4.39 Å². The molecule has 1 amide bonds. The summed E-state index contributed by atoms with van der Waals surface area (Å²) in [4.78, 5) is 11.4. The van der Waals surface area contributed by atoms with Crippen LogP contribution in [0.15, 0.2) is 18.2 Å². The van der Waals surface area contributed by atoms with Crippen LogP contribution in [0.1, 0.15) is 18.4 Å². The molecule has 2 rings (SSSR count). The summed E-state index contributed by atoms with van der Waals surface area (Å²) in [5, 5.41) is 5.95. The van der Waals surface area contributed by atoms with Crippen LogP contribution < -0.4 is 15.4 Å². The number of methoxy groups -OCH3 is 1. The van der Waals surface area contributed by atoms with Crippen LogP contribution in [0, 0.1) is 11.7 Å². The van der Waals surface area contributed by atoms with Gasteiger partial charge in [0.05, 0.1) is 7.11 Å². The van der Waals surface area contributed by atoms with Gasteiger partial charge in [-0.1, -0.05) is 6.07 Å². The van der Waals surface area contributed by atoms with Crippen molar-refractivity contribution in [2.75, 3.05) is 20.2 Å². The maximum absolute atomic E-state index is 13.6. The van der Waals surface area contributed by atoms with Crippen molar-refractivity contribution in [1.29, 1.82) is 0 Å². The minimum absolute atomic E-state index is 0.137. The van der Waals surface area contributed by atoms with Gasteiger partial charge >= 0.3 is 0 Å². The SMILES string of the molecule is COc1ccc(CNCCNC(=O)C2CC2)c(F)c1. The molecule has 0 spiro atoms. The smallest absolute Gasteiger partial charge is 0.223 e. The summed E-state index contributed by atoms with van der Waals surface area (Å²) in [6.07, 6.45) is 2.02. The van der Waals surface area contributed by atoms with Gasteiger partial charge < -0.3 is 15.4 Å². The maximum atomic E-state index is 13.6. The summed E-state index contributed by atoms with van der Waals surface area (Å²) in [5.74, 6) is 0.600. The number of amides is 1. The maximum Gasteiger partial charge on any atom is 0.223 e. The van der Waals surface area contributed by atoms with Crippen LogP contribution in [-0.2, 0) is 11.3 Å². The van der Waals surface area contributed by atoms with Crippen molar-refractivity contribution in [3.8, 4) is 5.75 Å². The molecule has 0 unspecified atom stereocenters. The van der Waals surface area contributed by atoms with E-state index in [2.05, 4.69) is 10.6 Å². The molecule has 1 aliphatic carbocycles. The van der Waals surface area contributed by atoms with E-state index in [4.69, 9.17) is 4.74 Å². The van der Waals surface area contributed by atoms with E-state index in [1.54, 1.807) is 12.1 Å². The average Bonchev–Trinajstić information content (AvgIpc) is 3.24. The summed E-state index contributed by atoms with van der Waals surface area (Å²) < 4.78 is 18.5. The Labute approximate surface area is 112 Å². The fourth-order valence-electron chi connectivity index (χ4n) is 1.79. The van der Waals surface area contributed by atoms with E-state index >= 15 is 0 Å². The Balaban J connectivity index is 1.66. The number of ether oxygens (including phenoxy) is 1. The van der Waals surface area contributed by atoms with Gasteiger partial charge in [0, 0.05) is 37.2 Å². The third kappa shape index (κ3) is 4.21. The lowest BCUT2D eigenvalue weighted by Gasteiger charge is -2.08. The van der Waals surface area contributed by atoms with Crippen LogP contribution >= 0.6 is 0 Å². The lowest BCUT2D eigenvalue weighted by molar-refractivity contribution is -0.122. The summed E-state index contributed by atoms with van der Waals surface area (Å²) in [6.45, 7) is 1.65. The Bertz CT molecular complexity index is 447. The van der Waals surface area contributed by atoms with Gasteiger partial charge in [0.2, 0.25) is 5.91 Å². The van der Waals surface area contributed by atoms with E-state index in [1.807, 2.05) is 0 Å². The molecule has 4 nitrogen and oxygen atoms in total. The Hall–Kier alpha value is -1.62. The van der Waals surface area contributed by atoms with Gasteiger partial charge in [0.25, 0.3) is 0 Å². The quantitative estimate of drug-likeness (QED) is 0.734. The standard InChI is InChI=1S/C14H19FN2O2/c1-19-12-5-4-11(13(15)8-12)9-16-6-7-17-14(18)10-2-3-10/h4-5,8,10,16H,2-3,6-7,9H2,1H3,(H,17,18). The second kappa shape index (κ2) is 6.52. The normalized spacial score (nSPS) is 14.2. The van der Waals surface area contributed by atoms with Crippen molar-refractivity contribution in [3.05, 3.63) is 29.6 Å². The van der Waals surface area contributed by atoms with Crippen LogP contribution in [0.3, 0.4) is 0 Å². The second-order valence-electron chi connectivity index (χ2n) is 4.70. The van der Waals surface area contributed by atoms with Crippen molar-refractivity contribution in [1.82, 2.24) is 10.6 Å². The van der Waals surface area contributed by atoms with Crippen molar-refractivity contribution >= 4 is 5.91 Å². The molecule has 1 aromatic rings. The van der Waals surface area contributed by atoms with Gasteiger partial charge in [-0.15, -0.1) is 0 Å². The van der Waals surface area contributed by atoms with Crippen molar-refractivity contribution in [3.63, 3.8) is 0 Å². The highest BCUT2D eigenvalue weighted by molar-refractivity contribution is 5.80. The molecule has 0 heterocycles. The van der Waals surface area contributed by atoms with Crippen molar-refractivity contribution in [2.24, 2.45) is 5.92 Å². The highest BCUT2D eigenvalue weighted by Crippen LogP contribution is 2.28. The van der Waals surface area contributed by atoms with Crippen molar-refractivity contribution in [2.45, 2.75) is 19.4 Å². The monoisotopic (exact) mass is 266 g/mol. The topological polar surface area (TPSA) is 50.4 Å². The number of benzene rings is 1. The molecule has 1 aliphatic rings. The van der Waals surface area contributed by atoms with E-state index < -0.39 is 0 Å². The number of hydrogen-bond acceptors (Lipinski definition) is 3. The second-order valence-corrected chi connectivity index (χ2v) is 4.70. The van der Waals surface area contributed by atoms with E-state index in [9.17, 15) is 9.18 Å². The number of hydrogen-bond donors (Lipinski definition) is 2. The van der Waals surface area contributed by atoms with Crippen molar-refractivity contribution < 1.29 is 13.9 Å². The molecular formula is C14H19FN2O2. The lowest BCUT2D eigenvalue weighted by atomic mass is 10.2. The fraction of sp³-hybridized carbons (Fsp3) is 0.500. The third-order valence-corrected chi connectivity index (χ3v) is 3.12. The van der Waals surface area contributed by atoms with Crippen LogP contribution in [0.4, 0.5) is 4.39 Å². The highest BCUT2D eigenvalue weighted by atomic mass is 19.1. The molecule has 1 aromatic carbocycles. The lowest BCUT2D eigenvalue weighted by Crippen LogP contribution is -2.32. The Morgan fingerprint density at radius 1 is 1.42 bits per heavy atom. The van der Waals surface area contributed by atoms with Gasteiger partial charge in [0.15, 0.2) is 0 Å². The fourth-order valence-corrected chi connectivity index (χ4v) is 1.79. The van der Waals surface area contributed by atoms with Crippen LogP contribution in [-0.4, -0.2) is 26.1 Å². The average molecular weight is 266 g/mol. The first-order chi connectivity index (χ1) is 9.20. The Morgan fingerprint density at radius 2 is 2.21 bits per heavy atom. The zero-order valence-corrected chi connectivity index (χ0v) is 11.0. The zero-order valence-electron chi connectivity index (χ0n) is 11.0. The molecule has 0 atom stereocenters. The third-order valence-electron chi connectivity index (χ3n) is 3.12. The molecule has 1 fully saturated rings. The van der Waals surface area contributed by atoms with Gasteiger partial charge in [0.1, 0.15) is 11.6 Å². The molecule has 0 radical (unpaired) electrons. The molecule has 2 N–H and O–H groups in total. The van der Waals surface area contributed by atoms with Gasteiger partial charge in [-0.05, 0) is 18.9 Å². The number of carbonyl (C=O) groups is 1. The van der Waals surface area contributed by atoms with Crippen LogP contribution in [0.25, 0.3) is 0 Å². The molecule has 0 aromatic heterocycles. The van der Waals surface area contributed by atoms with Crippen LogP contribution in [0.5, 0.6) is 5.75 Å². The largest absolute Gasteiger partial charge is 0.497 e. The predicted octanol–water partition coefficient (Wildman–Crippen LogP) is 1.45. The van der Waals surface area contributed by atoms with Gasteiger partial charge in [-0.3, -0.25) is 4.79 Å². The Morgan fingerprint density at radius 3 is 2.84 bits per heavy atom. The predicted molar refractivity (Wildman–Crippen MR) is 70.4 cm³/mol. The highest BCUT2D eigenvalue weighted by Gasteiger charge is 2.28. The molecule has 5 heteroatoms. The van der Waals surface area contributed by atoms with E-state index in [-0.39, 0.29) is 17.6 Å². The summed E-state index contributed by atoms with van der Waals surface area (Å²) in [5.41, 5.74) is 0.592. The first kappa shape index (κ1) is 13.8. The first-order valence-electron chi connectivity index (χ1n) is 6.51. The molecule has 0 bridgehead atoms. The van der Waals surface area contributed by atoms with Crippen LogP contribution in [0.2, 0.25) is 0 Å².